The number of carbonyl (C=O) groups excluding carboxylic acids is 3. The van der Waals surface area contributed by atoms with E-state index in [0.29, 0.717) is 35.0 Å². The summed E-state index contributed by atoms with van der Waals surface area (Å²) in [6, 6.07) is 23.6. The van der Waals surface area contributed by atoms with Crippen molar-refractivity contribution in [1.29, 1.82) is 0 Å². The maximum absolute atomic E-state index is 12.3. The molecule has 0 aliphatic carbocycles. The largest absolute Gasteiger partial charge is 0.483 e. The molecule has 4 rings (SSSR count). The Morgan fingerprint density at radius 3 is 2.26 bits per heavy atom. The van der Waals surface area contributed by atoms with Crippen LogP contribution in [-0.4, -0.2) is 37.4 Å². The molecule has 1 aromatic heterocycles. The van der Waals surface area contributed by atoms with Gasteiger partial charge in [-0.05, 0) is 47.2 Å². The number of ether oxygens (including phenoxy) is 1. The zero-order valence-corrected chi connectivity index (χ0v) is 19.1. The molecule has 7 nitrogen and oxygen atoms in total. The van der Waals surface area contributed by atoms with Gasteiger partial charge in [0.1, 0.15) is 5.75 Å². The first-order valence-electron chi connectivity index (χ1n) is 10.7. The molecule has 34 heavy (non-hydrogen) atoms. The summed E-state index contributed by atoms with van der Waals surface area (Å²) >= 11 is 1.36. The predicted molar refractivity (Wildman–Crippen MR) is 134 cm³/mol. The fourth-order valence-corrected chi connectivity index (χ4v) is 3.96. The Morgan fingerprint density at radius 2 is 1.50 bits per heavy atom. The monoisotopic (exact) mass is 473 g/mol. The minimum absolute atomic E-state index is 0.132. The van der Waals surface area contributed by atoms with E-state index in [-0.39, 0.29) is 24.3 Å². The molecule has 0 aliphatic heterocycles. The Bertz CT molecular complexity index is 1280. The fourth-order valence-electron chi connectivity index (χ4n) is 3.32. The summed E-state index contributed by atoms with van der Waals surface area (Å²) in [6.07, 6.45) is 0. The van der Waals surface area contributed by atoms with Crippen LogP contribution in [0, 0.1) is 0 Å². The predicted octanol–water partition coefficient (Wildman–Crippen LogP) is 4.08. The molecule has 0 saturated carbocycles. The molecule has 0 saturated heterocycles. The van der Waals surface area contributed by atoms with Gasteiger partial charge in [0.05, 0.1) is 4.88 Å². The van der Waals surface area contributed by atoms with Gasteiger partial charge >= 0.3 is 0 Å². The van der Waals surface area contributed by atoms with Gasteiger partial charge in [0.15, 0.2) is 6.61 Å². The summed E-state index contributed by atoms with van der Waals surface area (Å²) in [4.78, 5) is 37.1. The van der Waals surface area contributed by atoms with Gasteiger partial charge in [-0.2, -0.15) is 0 Å². The molecule has 0 spiro atoms. The average Bonchev–Trinajstić information content (AvgIpc) is 3.41. The molecule has 0 fully saturated rings. The summed E-state index contributed by atoms with van der Waals surface area (Å²) in [7, 11) is 0. The van der Waals surface area contributed by atoms with Gasteiger partial charge in [0.25, 0.3) is 17.7 Å². The molecule has 4 aromatic rings. The van der Waals surface area contributed by atoms with Crippen LogP contribution >= 0.6 is 11.3 Å². The molecule has 0 atom stereocenters. The minimum Gasteiger partial charge on any atom is -0.483 e. The van der Waals surface area contributed by atoms with E-state index in [1.54, 1.807) is 30.3 Å². The highest BCUT2D eigenvalue weighted by Gasteiger charge is 2.09. The summed E-state index contributed by atoms with van der Waals surface area (Å²) in [5.74, 6) is -0.0743. The Balaban J connectivity index is 1.21. The van der Waals surface area contributed by atoms with Crippen molar-refractivity contribution in [3.8, 4) is 5.75 Å². The van der Waals surface area contributed by atoms with Gasteiger partial charge in [-0.3, -0.25) is 14.4 Å². The van der Waals surface area contributed by atoms with Gasteiger partial charge in [-0.25, -0.2) is 0 Å². The molecule has 3 amide bonds. The summed E-state index contributed by atoms with van der Waals surface area (Å²) in [5, 5.41) is 12.1. The van der Waals surface area contributed by atoms with E-state index >= 15 is 0 Å². The Morgan fingerprint density at radius 1 is 0.765 bits per heavy atom. The standard InChI is InChI=1S/C26H23N3O4S/c30-24(17-33-22-8-3-6-18-5-1-2-7-21(18)22)29-20-12-10-19(11-13-20)25(31)27-14-15-28-26(32)23-9-4-16-34-23/h1-13,16H,14-15,17H2,(H,27,31)(H,28,32)(H,29,30). The topological polar surface area (TPSA) is 96.5 Å². The normalized spacial score (nSPS) is 10.5. The van der Waals surface area contributed by atoms with Crippen LogP contribution < -0.4 is 20.7 Å². The molecule has 8 heteroatoms. The number of thiophene rings is 1. The van der Waals surface area contributed by atoms with Crippen molar-refractivity contribution in [3.63, 3.8) is 0 Å². The number of anilines is 1. The zero-order valence-electron chi connectivity index (χ0n) is 18.2. The van der Waals surface area contributed by atoms with Crippen LogP contribution in [0.5, 0.6) is 5.75 Å². The number of nitrogens with one attached hydrogen (secondary N) is 3. The number of hydrogen-bond donors (Lipinski definition) is 3. The molecular weight excluding hydrogens is 450 g/mol. The highest BCUT2D eigenvalue weighted by Crippen LogP contribution is 2.25. The number of amides is 3. The third-order valence-corrected chi connectivity index (χ3v) is 5.85. The van der Waals surface area contributed by atoms with E-state index in [0.717, 1.165) is 10.8 Å². The quantitative estimate of drug-likeness (QED) is 0.319. The third kappa shape index (κ3) is 5.99. The van der Waals surface area contributed by atoms with Crippen molar-refractivity contribution in [2.45, 2.75) is 0 Å². The average molecular weight is 474 g/mol. The minimum atomic E-state index is -0.299. The number of rotatable bonds is 9. The molecular formula is C26H23N3O4S. The molecule has 0 radical (unpaired) electrons. The van der Waals surface area contributed by atoms with Crippen LogP contribution in [0.4, 0.5) is 5.69 Å². The fraction of sp³-hybridized carbons (Fsp3) is 0.115. The molecule has 0 unspecified atom stereocenters. The van der Waals surface area contributed by atoms with Crippen molar-refractivity contribution in [1.82, 2.24) is 10.6 Å². The van der Waals surface area contributed by atoms with E-state index in [1.165, 1.54) is 11.3 Å². The number of hydrogen-bond acceptors (Lipinski definition) is 5. The van der Waals surface area contributed by atoms with E-state index in [4.69, 9.17) is 4.74 Å². The second-order valence-corrected chi connectivity index (χ2v) is 8.33. The molecule has 0 bridgehead atoms. The lowest BCUT2D eigenvalue weighted by atomic mass is 10.1. The Labute approximate surface area is 200 Å². The van der Waals surface area contributed by atoms with E-state index in [2.05, 4.69) is 16.0 Å². The first kappa shape index (κ1) is 23.0. The van der Waals surface area contributed by atoms with E-state index in [9.17, 15) is 14.4 Å². The molecule has 3 N–H and O–H groups in total. The van der Waals surface area contributed by atoms with Gasteiger partial charge < -0.3 is 20.7 Å². The van der Waals surface area contributed by atoms with Crippen LogP contribution in [0.25, 0.3) is 10.8 Å². The molecule has 3 aromatic carbocycles. The summed E-state index contributed by atoms with van der Waals surface area (Å²) < 4.78 is 5.71. The maximum atomic E-state index is 12.3. The lowest BCUT2D eigenvalue weighted by Crippen LogP contribution is -2.34. The van der Waals surface area contributed by atoms with Crippen LogP contribution in [0.15, 0.2) is 84.2 Å². The van der Waals surface area contributed by atoms with E-state index in [1.807, 2.05) is 53.9 Å². The van der Waals surface area contributed by atoms with Crippen LogP contribution in [0.1, 0.15) is 20.0 Å². The van der Waals surface area contributed by atoms with Crippen LogP contribution in [0.3, 0.4) is 0 Å². The lowest BCUT2D eigenvalue weighted by Gasteiger charge is -2.10. The second kappa shape index (κ2) is 11.1. The SMILES string of the molecule is O=C(COc1cccc2ccccc12)Nc1ccc(C(=O)NCCNC(=O)c2cccs2)cc1. The van der Waals surface area contributed by atoms with E-state index < -0.39 is 0 Å². The number of carbonyl (C=O) groups is 3. The first-order chi connectivity index (χ1) is 16.6. The van der Waals surface area contributed by atoms with Crippen molar-refractivity contribution in [3.05, 3.63) is 94.7 Å². The van der Waals surface area contributed by atoms with Crippen molar-refractivity contribution < 1.29 is 19.1 Å². The molecule has 172 valence electrons. The van der Waals surface area contributed by atoms with Crippen LogP contribution in [0.2, 0.25) is 0 Å². The number of benzene rings is 3. The van der Waals surface area contributed by atoms with Crippen LogP contribution in [-0.2, 0) is 4.79 Å². The van der Waals surface area contributed by atoms with Gasteiger partial charge in [0, 0.05) is 29.7 Å². The lowest BCUT2D eigenvalue weighted by molar-refractivity contribution is -0.118. The summed E-state index contributed by atoms with van der Waals surface area (Å²) in [6.45, 7) is 0.501. The smallest absolute Gasteiger partial charge is 0.262 e. The Kier molecular flexibility index (Phi) is 7.52. The van der Waals surface area contributed by atoms with Gasteiger partial charge in [-0.1, -0.05) is 42.5 Å². The number of fused-ring (bicyclic) bond motifs is 1. The molecule has 1 heterocycles. The molecule has 0 aliphatic rings. The highest BCUT2D eigenvalue weighted by molar-refractivity contribution is 7.12. The van der Waals surface area contributed by atoms with Gasteiger partial charge in [0.2, 0.25) is 0 Å². The zero-order chi connectivity index (χ0) is 23.8. The highest BCUT2D eigenvalue weighted by atomic mass is 32.1. The van der Waals surface area contributed by atoms with Crippen molar-refractivity contribution >= 4 is 45.5 Å². The Hall–Kier alpha value is -4.17. The van der Waals surface area contributed by atoms with Crippen molar-refractivity contribution in [2.75, 3.05) is 25.0 Å². The summed E-state index contributed by atoms with van der Waals surface area (Å²) in [5.41, 5.74) is 1.01. The van der Waals surface area contributed by atoms with Crippen molar-refractivity contribution in [2.24, 2.45) is 0 Å². The first-order valence-corrected chi connectivity index (χ1v) is 11.6. The maximum Gasteiger partial charge on any atom is 0.262 e. The second-order valence-electron chi connectivity index (χ2n) is 7.38. The van der Waals surface area contributed by atoms with Gasteiger partial charge in [-0.15, -0.1) is 11.3 Å². The third-order valence-electron chi connectivity index (χ3n) is 4.98.